The van der Waals surface area contributed by atoms with E-state index >= 15 is 0 Å². The van der Waals surface area contributed by atoms with Gasteiger partial charge in [0.1, 0.15) is 0 Å². The van der Waals surface area contributed by atoms with Crippen molar-refractivity contribution in [3.63, 3.8) is 0 Å². The van der Waals surface area contributed by atoms with E-state index in [2.05, 4.69) is 36.0 Å². The van der Waals surface area contributed by atoms with Gasteiger partial charge in [-0.05, 0) is 27.9 Å². The summed E-state index contributed by atoms with van der Waals surface area (Å²) in [4.78, 5) is 4.93. The summed E-state index contributed by atoms with van der Waals surface area (Å²) < 4.78 is 0. The number of nitrogens with zero attached hydrogens (tertiary/aromatic N) is 2. The molecule has 1 rings (SSSR count). The van der Waals surface area contributed by atoms with Gasteiger partial charge in [-0.3, -0.25) is 4.90 Å². The number of piperazine rings is 1. The smallest absolute Gasteiger partial charge is 0.0249 e. The zero-order chi connectivity index (χ0) is 13.9. The number of rotatable bonds is 3. The maximum absolute atomic E-state index is 3.34. The molecule has 0 radical (unpaired) electrons. The minimum atomic E-state index is 0.246. The van der Waals surface area contributed by atoms with Crippen LogP contribution < -0.4 is 5.32 Å². The van der Waals surface area contributed by atoms with E-state index in [1.807, 2.05) is 34.7 Å². The molecular weight excluding hydrogens is 210 g/mol. The largest absolute Gasteiger partial charge is 0.314 e. The molecule has 0 aromatic rings. The molecule has 1 heterocycles. The quantitative estimate of drug-likeness (QED) is 0.823. The second-order valence-corrected chi connectivity index (χ2v) is 4.71. The average Bonchev–Trinajstić information content (AvgIpc) is 2.37. The molecule has 0 saturated carbocycles. The van der Waals surface area contributed by atoms with Crippen LogP contribution in [0.4, 0.5) is 0 Å². The van der Waals surface area contributed by atoms with E-state index in [9.17, 15) is 0 Å². The third-order valence-electron chi connectivity index (χ3n) is 2.89. The van der Waals surface area contributed by atoms with Gasteiger partial charge in [-0.15, -0.1) is 0 Å². The van der Waals surface area contributed by atoms with Crippen molar-refractivity contribution >= 4 is 0 Å². The Morgan fingerprint density at radius 3 is 1.71 bits per heavy atom. The van der Waals surface area contributed by atoms with Crippen LogP contribution in [0.15, 0.2) is 0 Å². The van der Waals surface area contributed by atoms with Crippen LogP contribution in [0.3, 0.4) is 0 Å². The van der Waals surface area contributed by atoms with Crippen LogP contribution in [-0.4, -0.2) is 62.2 Å². The van der Waals surface area contributed by atoms with Crippen molar-refractivity contribution in [3.05, 3.63) is 0 Å². The Morgan fingerprint density at radius 1 is 0.941 bits per heavy atom. The van der Waals surface area contributed by atoms with Crippen molar-refractivity contribution in [2.75, 3.05) is 46.8 Å². The van der Waals surface area contributed by atoms with Gasteiger partial charge >= 0.3 is 0 Å². The van der Waals surface area contributed by atoms with Gasteiger partial charge in [-0.1, -0.05) is 27.7 Å². The van der Waals surface area contributed by atoms with Crippen LogP contribution in [0.1, 0.15) is 41.5 Å². The Morgan fingerprint density at radius 2 is 1.35 bits per heavy atom. The maximum Gasteiger partial charge on any atom is 0.0249 e. The van der Waals surface area contributed by atoms with Crippen molar-refractivity contribution in [3.8, 4) is 0 Å². The molecule has 0 amide bonds. The molecule has 17 heavy (non-hydrogen) atoms. The standard InChI is InChI=1S/C10H23N3.2C2H6/c1-10(2,11-3)9-13-7-5-12(4)6-8-13;2*1-2/h11H,5-9H2,1-4H3;2*1-2H3. The number of nitrogens with one attached hydrogen (secondary N) is 1. The van der Waals surface area contributed by atoms with E-state index in [4.69, 9.17) is 0 Å². The Hall–Kier alpha value is -0.120. The summed E-state index contributed by atoms with van der Waals surface area (Å²) in [6.07, 6.45) is 0. The fraction of sp³-hybridized carbons (Fsp3) is 1.00. The van der Waals surface area contributed by atoms with E-state index in [0.717, 1.165) is 6.54 Å². The molecule has 0 aromatic carbocycles. The van der Waals surface area contributed by atoms with Gasteiger partial charge in [-0.2, -0.15) is 0 Å². The predicted molar refractivity (Wildman–Crippen MR) is 79.8 cm³/mol. The Kier molecular flexibility index (Phi) is 12.4. The van der Waals surface area contributed by atoms with Crippen molar-refractivity contribution < 1.29 is 0 Å². The van der Waals surface area contributed by atoms with Crippen LogP contribution in [0.5, 0.6) is 0 Å². The summed E-state index contributed by atoms with van der Waals surface area (Å²) in [5.74, 6) is 0. The monoisotopic (exact) mass is 245 g/mol. The summed E-state index contributed by atoms with van der Waals surface area (Å²) in [7, 11) is 4.23. The predicted octanol–water partition coefficient (Wildman–Crippen LogP) is 2.28. The van der Waals surface area contributed by atoms with Crippen LogP contribution in [0.25, 0.3) is 0 Å². The molecule has 1 aliphatic rings. The first kappa shape index (κ1) is 19.2. The van der Waals surface area contributed by atoms with E-state index < -0.39 is 0 Å². The number of hydrogen-bond acceptors (Lipinski definition) is 3. The summed E-state index contributed by atoms with van der Waals surface area (Å²) in [6.45, 7) is 18.5. The molecule has 1 aliphatic heterocycles. The third-order valence-corrected chi connectivity index (χ3v) is 2.89. The Labute approximate surface area is 110 Å². The lowest BCUT2D eigenvalue weighted by molar-refractivity contribution is 0.126. The molecule has 1 fully saturated rings. The lowest BCUT2D eigenvalue weighted by atomic mass is 10.1. The molecule has 1 N–H and O–H groups in total. The topological polar surface area (TPSA) is 18.5 Å². The normalized spacial score (nSPS) is 17.6. The molecule has 1 saturated heterocycles. The molecule has 0 atom stereocenters. The third kappa shape index (κ3) is 9.57. The molecule has 3 nitrogen and oxygen atoms in total. The first-order chi connectivity index (χ1) is 8.03. The highest BCUT2D eigenvalue weighted by Crippen LogP contribution is 2.07. The lowest BCUT2D eigenvalue weighted by Gasteiger charge is -2.37. The SMILES string of the molecule is CC.CC.CNC(C)(C)CN1CCN(C)CC1. The van der Waals surface area contributed by atoms with Crippen LogP contribution in [0, 0.1) is 0 Å². The van der Waals surface area contributed by atoms with Gasteiger partial charge in [0.05, 0.1) is 0 Å². The van der Waals surface area contributed by atoms with Crippen LogP contribution in [-0.2, 0) is 0 Å². The summed E-state index contributed by atoms with van der Waals surface area (Å²) >= 11 is 0. The average molecular weight is 245 g/mol. The summed E-state index contributed by atoms with van der Waals surface area (Å²) in [5.41, 5.74) is 0.246. The second kappa shape index (κ2) is 11.0. The Bertz CT molecular complexity index is 150. The second-order valence-electron chi connectivity index (χ2n) is 4.71. The lowest BCUT2D eigenvalue weighted by Crippen LogP contribution is -2.53. The molecule has 106 valence electrons. The molecule has 0 spiro atoms. The van der Waals surface area contributed by atoms with Crippen molar-refractivity contribution in [2.24, 2.45) is 0 Å². The number of likely N-dealkylation sites (N-methyl/N-ethyl adjacent to an activating group) is 2. The minimum Gasteiger partial charge on any atom is -0.314 e. The van der Waals surface area contributed by atoms with E-state index in [1.54, 1.807) is 0 Å². The van der Waals surface area contributed by atoms with Crippen molar-refractivity contribution in [2.45, 2.75) is 47.1 Å². The van der Waals surface area contributed by atoms with Crippen molar-refractivity contribution in [1.29, 1.82) is 0 Å². The van der Waals surface area contributed by atoms with Gasteiger partial charge in [0.15, 0.2) is 0 Å². The van der Waals surface area contributed by atoms with Gasteiger partial charge < -0.3 is 10.2 Å². The van der Waals surface area contributed by atoms with Crippen LogP contribution >= 0.6 is 0 Å². The summed E-state index contributed by atoms with van der Waals surface area (Å²) in [5, 5.41) is 3.34. The molecule has 3 heteroatoms. The molecule has 0 aromatic heterocycles. The van der Waals surface area contributed by atoms with E-state index in [-0.39, 0.29) is 5.54 Å². The van der Waals surface area contributed by atoms with Crippen LogP contribution in [0.2, 0.25) is 0 Å². The van der Waals surface area contributed by atoms with Crippen molar-refractivity contribution in [1.82, 2.24) is 15.1 Å². The molecular formula is C14H35N3. The number of hydrogen-bond donors (Lipinski definition) is 1. The molecule has 0 bridgehead atoms. The van der Waals surface area contributed by atoms with Gasteiger partial charge in [0.25, 0.3) is 0 Å². The zero-order valence-electron chi connectivity index (χ0n) is 13.4. The van der Waals surface area contributed by atoms with E-state index in [0.29, 0.717) is 0 Å². The highest BCUT2D eigenvalue weighted by molar-refractivity contribution is 4.82. The van der Waals surface area contributed by atoms with Gasteiger partial charge in [-0.25, -0.2) is 0 Å². The fourth-order valence-corrected chi connectivity index (χ4v) is 1.64. The zero-order valence-corrected chi connectivity index (χ0v) is 13.4. The maximum atomic E-state index is 3.34. The molecule has 0 aliphatic carbocycles. The highest BCUT2D eigenvalue weighted by Gasteiger charge is 2.21. The first-order valence-corrected chi connectivity index (χ1v) is 7.13. The summed E-state index contributed by atoms with van der Waals surface area (Å²) in [6, 6.07) is 0. The Balaban J connectivity index is 0. The molecule has 0 unspecified atom stereocenters. The van der Waals surface area contributed by atoms with Gasteiger partial charge in [0.2, 0.25) is 0 Å². The minimum absolute atomic E-state index is 0.246. The van der Waals surface area contributed by atoms with E-state index in [1.165, 1.54) is 26.2 Å². The first-order valence-electron chi connectivity index (χ1n) is 7.13. The van der Waals surface area contributed by atoms with Gasteiger partial charge in [0, 0.05) is 38.3 Å². The fourth-order valence-electron chi connectivity index (χ4n) is 1.64. The highest BCUT2D eigenvalue weighted by atomic mass is 15.3.